The molecule has 0 radical (unpaired) electrons. The Labute approximate surface area is 173 Å². The van der Waals surface area contributed by atoms with E-state index in [9.17, 15) is 9.59 Å². The van der Waals surface area contributed by atoms with Crippen LogP contribution in [0, 0.1) is 6.92 Å². The fraction of sp³-hybridized carbons (Fsp3) is 0.500. The molecule has 3 heterocycles. The summed E-state index contributed by atoms with van der Waals surface area (Å²) < 4.78 is 10.7. The van der Waals surface area contributed by atoms with Crippen molar-refractivity contribution in [1.82, 2.24) is 19.8 Å². The molecule has 0 unspecified atom stereocenters. The SMILES string of the molecule is Cc1nc2ccccc2nc1SC(C(=O)N1CCOCC1)C(=O)N1CCOCC1. The Hall–Kier alpha value is -2.23. The van der Waals surface area contributed by atoms with E-state index in [1.165, 1.54) is 11.8 Å². The van der Waals surface area contributed by atoms with E-state index in [2.05, 4.69) is 9.97 Å². The van der Waals surface area contributed by atoms with Crippen LogP contribution in [0.1, 0.15) is 5.69 Å². The molecular weight excluding hydrogens is 392 g/mol. The Morgan fingerprint density at radius 2 is 1.38 bits per heavy atom. The van der Waals surface area contributed by atoms with Crippen molar-refractivity contribution in [3.63, 3.8) is 0 Å². The zero-order valence-corrected chi connectivity index (χ0v) is 17.2. The second-order valence-electron chi connectivity index (χ2n) is 6.98. The second-order valence-corrected chi connectivity index (χ2v) is 8.07. The van der Waals surface area contributed by atoms with Gasteiger partial charge in [-0.2, -0.15) is 0 Å². The highest BCUT2D eigenvalue weighted by atomic mass is 32.2. The molecule has 2 aliphatic rings. The lowest BCUT2D eigenvalue weighted by Crippen LogP contribution is -2.52. The summed E-state index contributed by atoms with van der Waals surface area (Å²) >= 11 is 1.20. The Morgan fingerprint density at radius 1 is 0.897 bits per heavy atom. The minimum absolute atomic E-state index is 0.191. The van der Waals surface area contributed by atoms with E-state index >= 15 is 0 Å². The van der Waals surface area contributed by atoms with Gasteiger partial charge in [0.15, 0.2) is 5.25 Å². The monoisotopic (exact) mass is 416 g/mol. The predicted octanol–water partition coefficient (Wildman–Crippen LogP) is 1.12. The quantitative estimate of drug-likeness (QED) is 0.545. The van der Waals surface area contributed by atoms with Crippen LogP contribution < -0.4 is 0 Å². The zero-order chi connectivity index (χ0) is 20.2. The number of benzene rings is 1. The van der Waals surface area contributed by atoms with Crippen molar-refractivity contribution in [3.05, 3.63) is 30.0 Å². The van der Waals surface area contributed by atoms with Gasteiger partial charge in [-0.3, -0.25) is 9.59 Å². The average Bonchev–Trinajstić information content (AvgIpc) is 2.78. The Bertz CT molecular complexity index is 867. The lowest BCUT2D eigenvalue weighted by molar-refractivity contribution is -0.144. The van der Waals surface area contributed by atoms with Gasteiger partial charge in [0.1, 0.15) is 5.03 Å². The third kappa shape index (κ3) is 4.52. The molecule has 154 valence electrons. The van der Waals surface area contributed by atoms with Gasteiger partial charge < -0.3 is 19.3 Å². The van der Waals surface area contributed by atoms with Crippen LogP contribution >= 0.6 is 11.8 Å². The van der Waals surface area contributed by atoms with Crippen LogP contribution in [0.2, 0.25) is 0 Å². The molecule has 0 saturated carbocycles. The lowest BCUT2D eigenvalue weighted by Gasteiger charge is -2.33. The highest BCUT2D eigenvalue weighted by Crippen LogP contribution is 2.29. The third-order valence-electron chi connectivity index (χ3n) is 5.02. The summed E-state index contributed by atoms with van der Waals surface area (Å²) in [4.78, 5) is 39.3. The van der Waals surface area contributed by atoms with Crippen LogP contribution in [0.5, 0.6) is 0 Å². The summed E-state index contributed by atoms with van der Waals surface area (Å²) in [6.07, 6.45) is 0. The first kappa shape index (κ1) is 20.1. The summed E-state index contributed by atoms with van der Waals surface area (Å²) in [6, 6.07) is 7.60. The second kappa shape index (κ2) is 9.06. The van der Waals surface area contributed by atoms with E-state index in [4.69, 9.17) is 9.47 Å². The first-order valence-electron chi connectivity index (χ1n) is 9.76. The number of morpholine rings is 2. The lowest BCUT2D eigenvalue weighted by atomic mass is 10.2. The number of nitrogens with zero attached hydrogens (tertiary/aromatic N) is 4. The smallest absolute Gasteiger partial charge is 0.245 e. The van der Waals surface area contributed by atoms with Gasteiger partial charge in [-0.1, -0.05) is 23.9 Å². The first-order chi connectivity index (χ1) is 14.1. The standard InChI is InChI=1S/C20H24N4O4S/c1-14-18(22-16-5-3-2-4-15(16)21-14)29-17(19(25)23-6-10-27-11-7-23)20(26)24-8-12-28-13-9-24/h2-5,17H,6-13H2,1H3. The fourth-order valence-corrected chi connectivity index (χ4v) is 4.49. The van der Waals surface area contributed by atoms with Gasteiger partial charge in [0, 0.05) is 26.2 Å². The molecule has 2 fully saturated rings. The Morgan fingerprint density at radius 3 is 1.90 bits per heavy atom. The van der Waals surface area contributed by atoms with Crippen molar-refractivity contribution >= 4 is 34.6 Å². The van der Waals surface area contributed by atoms with Crippen molar-refractivity contribution in [3.8, 4) is 0 Å². The maximum absolute atomic E-state index is 13.3. The number of thioether (sulfide) groups is 1. The number of carbonyl (C=O) groups excluding carboxylic acids is 2. The Balaban J connectivity index is 1.63. The number of fused-ring (bicyclic) bond motifs is 1. The van der Waals surface area contributed by atoms with Gasteiger partial charge in [0.2, 0.25) is 11.8 Å². The molecule has 2 aromatic rings. The van der Waals surface area contributed by atoms with Gasteiger partial charge in [-0.15, -0.1) is 0 Å². The summed E-state index contributed by atoms with van der Waals surface area (Å²) in [7, 11) is 0. The molecule has 8 nitrogen and oxygen atoms in total. The number of amides is 2. The third-order valence-corrected chi connectivity index (χ3v) is 6.27. The molecule has 2 saturated heterocycles. The van der Waals surface area contributed by atoms with Gasteiger partial charge in [-0.25, -0.2) is 9.97 Å². The molecule has 9 heteroatoms. The number of rotatable bonds is 4. The highest BCUT2D eigenvalue weighted by molar-refractivity contribution is 8.01. The molecule has 4 rings (SSSR count). The minimum Gasteiger partial charge on any atom is -0.378 e. The molecule has 2 aliphatic heterocycles. The van der Waals surface area contributed by atoms with E-state index in [1.807, 2.05) is 31.2 Å². The maximum atomic E-state index is 13.3. The molecule has 1 aromatic heterocycles. The van der Waals surface area contributed by atoms with Crippen LogP contribution in [-0.2, 0) is 19.1 Å². The van der Waals surface area contributed by atoms with E-state index in [0.29, 0.717) is 63.3 Å². The van der Waals surface area contributed by atoms with Crippen LogP contribution in [-0.4, -0.2) is 89.4 Å². The van der Waals surface area contributed by atoms with Crippen LogP contribution in [0.4, 0.5) is 0 Å². The minimum atomic E-state index is -0.889. The van der Waals surface area contributed by atoms with E-state index in [-0.39, 0.29) is 11.8 Å². The molecule has 29 heavy (non-hydrogen) atoms. The molecule has 0 aliphatic carbocycles. The topological polar surface area (TPSA) is 84.9 Å². The van der Waals surface area contributed by atoms with Gasteiger partial charge in [0.25, 0.3) is 0 Å². The van der Waals surface area contributed by atoms with Crippen molar-refractivity contribution in [2.24, 2.45) is 0 Å². The normalized spacial score (nSPS) is 17.7. The van der Waals surface area contributed by atoms with Crippen molar-refractivity contribution in [1.29, 1.82) is 0 Å². The largest absolute Gasteiger partial charge is 0.378 e. The van der Waals surface area contributed by atoms with Crippen LogP contribution in [0.15, 0.2) is 29.3 Å². The zero-order valence-electron chi connectivity index (χ0n) is 16.4. The van der Waals surface area contributed by atoms with Crippen LogP contribution in [0.25, 0.3) is 11.0 Å². The van der Waals surface area contributed by atoms with Gasteiger partial charge in [-0.05, 0) is 19.1 Å². The van der Waals surface area contributed by atoms with Gasteiger partial charge >= 0.3 is 0 Å². The summed E-state index contributed by atoms with van der Waals surface area (Å²) in [6.45, 7) is 5.80. The number of aryl methyl sites for hydroxylation is 1. The summed E-state index contributed by atoms with van der Waals surface area (Å²) in [5.74, 6) is -0.381. The maximum Gasteiger partial charge on any atom is 0.245 e. The predicted molar refractivity (Wildman–Crippen MR) is 109 cm³/mol. The summed E-state index contributed by atoms with van der Waals surface area (Å²) in [5.41, 5.74) is 2.25. The Kier molecular flexibility index (Phi) is 6.27. The number of ether oxygens (including phenoxy) is 2. The number of hydrogen-bond donors (Lipinski definition) is 0. The number of hydrogen-bond acceptors (Lipinski definition) is 7. The number of carbonyl (C=O) groups is 2. The molecule has 1 aromatic carbocycles. The number of para-hydroxylation sites is 2. The van der Waals surface area contributed by atoms with Crippen molar-refractivity contribution in [2.45, 2.75) is 17.2 Å². The van der Waals surface area contributed by atoms with E-state index in [0.717, 1.165) is 11.0 Å². The molecule has 0 bridgehead atoms. The molecule has 0 spiro atoms. The highest BCUT2D eigenvalue weighted by Gasteiger charge is 2.36. The first-order valence-corrected chi connectivity index (χ1v) is 10.6. The van der Waals surface area contributed by atoms with E-state index in [1.54, 1.807) is 9.80 Å². The number of aromatic nitrogens is 2. The fourth-order valence-electron chi connectivity index (χ4n) is 3.40. The van der Waals surface area contributed by atoms with Gasteiger partial charge in [0.05, 0.1) is 43.2 Å². The molecule has 2 amide bonds. The van der Waals surface area contributed by atoms with E-state index < -0.39 is 5.25 Å². The van der Waals surface area contributed by atoms with Crippen molar-refractivity contribution in [2.75, 3.05) is 52.6 Å². The molecular formula is C20H24N4O4S. The molecule has 0 N–H and O–H groups in total. The molecule has 0 atom stereocenters. The average molecular weight is 417 g/mol. The van der Waals surface area contributed by atoms with Crippen molar-refractivity contribution < 1.29 is 19.1 Å². The summed E-state index contributed by atoms with van der Waals surface area (Å²) in [5, 5.41) is -0.280. The van der Waals surface area contributed by atoms with Crippen LogP contribution in [0.3, 0.4) is 0 Å².